The lowest BCUT2D eigenvalue weighted by molar-refractivity contribution is -0.127. The highest BCUT2D eigenvalue weighted by Crippen LogP contribution is 2.40. The van der Waals surface area contributed by atoms with Crippen LogP contribution in [0.2, 0.25) is 0 Å². The second-order valence-corrected chi connectivity index (χ2v) is 10.9. The summed E-state index contributed by atoms with van der Waals surface area (Å²) in [6.07, 6.45) is 1.57. The number of anilines is 1. The molecule has 0 aliphatic carbocycles. The van der Waals surface area contributed by atoms with Crippen LogP contribution < -0.4 is 14.8 Å². The Kier molecular flexibility index (Phi) is 8.70. The van der Waals surface area contributed by atoms with E-state index in [1.165, 1.54) is 12.1 Å². The van der Waals surface area contributed by atoms with E-state index >= 15 is 0 Å². The molecule has 1 aliphatic rings. The maximum atomic E-state index is 13.2. The van der Waals surface area contributed by atoms with E-state index < -0.39 is 23.6 Å². The van der Waals surface area contributed by atoms with Crippen LogP contribution in [0.3, 0.4) is 0 Å². The number of nitrogens with zero attached hydrogens (tertiary/aromatic N) is 1. The zero-order chi connectivity index (χ0) is 28.9. The fourth-order valence-corrected chi connectivity index (χ4v) is 5.68. The van der Waals surface area contributed by atoms with E-state index in [2.05, 4.69) is 21.2 Å². The lowest BCUT2D eigenvalue weighted by Gasteiger charge is -2.15. The number of halogens is 2. The number of carbonyl (C=O) groups excluding carboxylic acids is 3. The van der Waals surface area contributed by atoms with Crippen molar-refractivity contribution in [3.8, 4) is 11.5 Å². The van der Waals surface area contributed by atoms with E-state index in [1.807, 2.05) is 43.3 Å². The summed E-state index contributed by atoms with van der Waals surface area (Å²) >= 11 is 4.27. The molecule has 10 heteroatoms. The zero-order valence-electron chi connectivity index (χ0n) is 21.9. The molecule has 1 fully saturated rings. The number of imide groups is 1. The largest absolute Gasteiger partial charge is 0.490 e. The zero-order valence-corrected chi connectivity index (χ0v) is 24.3. The minimum atomic E-state index is -0.557. The SMILES string of the molecule is CCOc1cc(/C=C2\SC(=O)N(CC(=O)Nc3cccc4ccccc34)C2=O)cc(Br)c1OCc1ccc(F)cc1. The van der Waals surface area contributed by atoms with Gasteiger partial charge in [0.05, 0.1) is 16.0 Å². The van der Waals surface area contributed by atoms with Crippen molar-refractivity contribution < 1.29 is 28.2 Å². The van der Waals surface area contributed by atoms with Crippen molar-refractivity contribution in [3.05, 3.63) is 105 Å². The first-order valence-electron chi connectivity index (χ1n) is 12.7. The quantitative estimate of drug-likeness (QED) is 0.193. The first-order valence-corrected chi connectivity index (χ1v) is 14.3. The van der Waals surface area contributed by atoms with Crippen molar-refractivity contribution in [3.63, 3.8) is 0 Å². The van der Waals surface area contributed by atoms with Crippen molar-refractivity contribution in [1.82, 2.24) is 4.90 Å². The molecule has 3 amide bonds. The third kappa shape index (κ3) is 6.61. The molecule has 0 saturated carbocycles. The summed E-state index contributed by atoms with van der Waals surface area (Å²) < 4.78 is 25.5. The molecule has 5 rings (SSSR count). The molecule has 4 aromatic rings. The Hall–Kier alpha value is -4.15. The molecule has 0 aromatic heterocycles. The first-order chi connectivity index (χ1) is 19.8. The van der Waals surface area contributed by atoms with Crippen LogP contribution in [-0.2, 0) is 16.2 Å². The van der Waals surface area contributed by atoms with Gasteiger partial charge in [0.2, 0.25) is 5.91 Å². The van der Waals surface area contributed by atoms with Gasteiger partial charge >= 0.3 is 0 Å². The van der Waals surface area contributed by atoms with Crippen molar-refractivity contribution in [2.45, 2.75) is 13.5 Å². The second kappa shape index (κ2) is 12.6. The molecule has 208 valence electrons. The molecule has 41 heavy (non-hydrogen) atoms. The third-order valence-corrected chi connectivity index (χ3v) is 7.66. The number of benzene rings is 4. The number of thioether (sulfide) groups is 1. The second-order valence-electron chi connectivity index (χ2n) is 9.02. The fraction of sp³-hybridized carbons (Fsp3) is 0.129. The summed E-state index contributed by atoms with van der Waals surface area (Å²) in [5.41, 5.74) is 1.98. The molecule has 0 radical (unpaired) electrons. The molecule has 0 atom stereocenters. The molecule has 0 spiro atoms. The van der Waals surface area contributed by atoms with Crippen molar-refractivity contribution in [1.29, 1.82) is 0 Å². The number of carbonyl (C=O) groups is 3. The standard InChI is InChI=1S/C31H24BrFN2O5S/c1-2-39-26-15-20(14-24(32)29(26)40-18-19-10-12-22(33)13-11-19)16-27-30(37)35(31(38)41-27)17-28(36)34-25-9-5-7-21-6-3-4-8-23(21)25/h3-16H,2,17-18H2,1H3,(H,34,36)/b27-16-. The van der Waals surface area contributed by atoms with E-state index in [9.17, 15) is 18.8 Å². The van der Waals surface area contributed by atoms with Gasteiger partial charge in [-0.25, -0.2) is 4.39 Å². The van der Waals surface area contributed by atoms with Gasteiger partial charge < -0.3 is 14.8 Å². The summed E-state index contributed by atoms with van der Waals surface area (Å²) in [7, 11) is 0. The molecule has 0 bridgehead atoms. The number of hydrogen-bond acceptors (Lipinski definition) is 6. The fourth-order valence-electron chi connectivity index (χ4n) is 4.27. The average Bonchev–Trinajstić information content (AvgIpc) is 3.21. The lowest BCUT2D eigenvalue weighted by Crippen LogP contribution is -2.36. The Morgan fingerprint density at radius 1 is 1.02 bits per heavy atom. The number of fused-ring (bicyclic) bond motifs is 1. The molecule has 4 aromatic carbocycles. The predicted octanol–water partition coefficient (Wildman–Crippen LogP) is 7.39. The van der Waals surface area contributed by atoms with Crippen LogP contribution in [0.1, 0.15) is 18.1 Å². The Balaban J connectivity index is 1.30. The maximum Gasteiger partial charge on any atom is 0.294 e. The lowest BCUT2D eigenvalue weighted by atomic mass is 10.1. The minimum Gasteiger partial charge on any atom is -0.490 e. The molecule has 7 nitrogen and oxygen atoms in total. The van der Waals surface area contributed by atoms with Gasteiger partial charge in [-0.05, 0) is 87.5 Å². The number of ether oxygens (including phenoxy) is 2. The maximum absolute atomic E-state index is 13.2. The van der Waals surface area contributed by atoms with Gasteiger partial charge in [-0.15, -0.1) is 0 Å². The molecule has 1 heterocycles. The van der Waals surface area contributed by atoms with Crippen LogP contribution in [0.15, 0.2) is 88.2 Å². The van der Waals surface area contributed by atoms with E-state index in [0.717, 1.165) is 33.0 Å². The van der Waals surface area contributed by atoms with Crippen molar-refractivity contribution in [2.75, 3.05) is 18.5 Å². The van der Waals surface area contributed by atoms with E-state index in [-0.39, 0.29) is 17.3 Å². The molecule has 1 aliphatic heterocycles. The summed E-state index contributed by atoms with van der Waals surface area (Å²) in [6.45, 7) is 1.98. The molecular formula is C31H24BrFN2O5S. The summed E-state index contributed by atoms with van der Waals surface area (Å²) in [5, 5.41) is 4.10. The van der Waals surface area contributed by atoms with Gasteiger partial charge in [-0.2, -0.15) is 0 Å². The highest BCUT2D eigenvalue weighted by Gasteiger charge is 2.36. The molecule has 0 unspecified atom stereocenters. The summed E-state index contributed by atoms with van der Waals surface area (Å²) in [6, 6.07) is 22.6. The van der Waals surface area contributed by atoms with Gasteiger partial charge in [0, 0.05) is 11.1 Å². The van der Waals surface area contributed by atoms with Crippen LogP contribution in [0.4, 0.5) is 14.9 Å². The third-order valence-electron chi connectivity index (χ3n) is 6.16. The first kappa shape index (κ1) is 28.4. The molecule has 1 N–H and O–H groups in total. The Morgan fingerprint density at radius 2 is 1.78 bits per heavy atom. The van der Waals surface area contributed by atoms with Crippen molar-refractivity contribution in [2.24, 2.45) is 0 Å². The van der Waals surface area contributed by atoms with Crippen LogP contribution in [0.5, 0.6) is 11.5 Å². The number of hydrogen-bond donors (Lipinski definition) is 1. The van der Waals surface area contributed by atoms with Gasteiger partial charge in [0.25, 0.3) is 11.1 Å². The Labute approximate surface area is 248 Å². The summed E-state index contributed by atoms with van der Waals surface area (Å²) in [4.78, 5) is 39.7. The van der Waals surface area contributed by atoms with Crippen LogP contribution >= 0.6 is 27.7 Å². The van der Waals surface area contributed by atoms with Gasteiger partial charge in [-0.1, -0.05) is 48.5 Å². The highest BCUT2D eigenvalue weighted by atomic mass is 79.9. The highest BCUT2D eigenvalue weighted by molar-refractivity contribution is 9.10. The molecular weight excluding hydrogens is 611 g/mol. The Morgan fingerprint density at radius 3 is 2.56 bits per heavy atom. The van der Waals surface area contributed by atoms with Gasteiger partial charge in [0.15, 0.2) is 11.5 Å². The van der Waals surface area contributed by atoms with E-state index in [4.69, 9.17) is 9.47 Å². The predicted molar refractivity (Wildman–Crippen MR) is 161 cm³/mol. The van der Waals surface area contributed by atoms with Gasteiger partial charge in [-0.3, -0.25) is 19.3 Å². The van der Waals surface area contributed by atoms with E-state index in [0.29, 0.717) is 33.8 Å². The van der Waals surface area contributed by atoms with Crippen LogP contribution in [-0.4, -0.2) is 35.1 Å². The number of nitrogens with one attached hydrogen (secondary N) is 1. The average molecular weight is 636 g/mol. The smallest absolute Gasteiger partial charge is 0.294 e. The van der Waals surface area contributed by atoms with Crippen LogP contribution in [0.25, 0.3) is 16.8 Å². The number of amides is 3. The monoisotopic (exact) mass is 634 g/mol. The van der Waals surface area contributed by atoms with Gasteiger partial charge in [0.1, 0.15) is 19.0 Å². The minimum absolute atomic E-state index is 0.183. The number of rotatable bonds is 9. The van der Waals surface area contributed by atoms with Crippen LogP contribution in [0, 0.1) is 5.82 Å². The van der Waals surface area contributed by atoms with Crippen molar-refractivity contribution >= 4 is 67.3 Å². The summed E-state index contributed by atoms with van der Waals surface area (Å²) in [5.74, 6) is -0.479. The normalized spacial score (nSPS) is 14.1. The topological polar surface area (TPSA) is 84.9 Å². The Bertz CT molecular complexity index is 1670. The molecule has 1 saturated heterocycles. The van der Waals surface area contributed by atoms with E-state index in [1.54, 1.807) is 36.4 Å².